The van der Waals surface area contributed by atoms with Gasteiger partial charge in [-0.15, -0.1) is 0 Å². The molecular weight excluding hydrogens is 366 g/mol. The molecule has 0 aliphatic rings. The Morgan fingerprint density at radius 1 is 1.07 bits per heavy atom. The van der Waals surface area contributed by atoms with Crippen LogP contribution >= 0.6 is 0 Å². The lowest BCUT2D eigenvalue weighted by Crippen LogP contribution is -2.39. The van der Waals surface area contributed by atoms with Gasteiger partial charge >= 0.3 is 0 Å². The van der Waals surface area contributed by atoms with Gasteiger partial charge in [0.05, 0.1) is 23.1 Å². The van der Waals surface area contributed by atoms with Gasteiger partial charge in [0, 0.05) is 25.3 Å². The predicted octanol–water partition coefficient (Wildman–Crippen LogP) is 2.04. The van der Waals surface area contributed by atoms with Crippen LogP contribution in [0, 0.1) is 11.3 Å². The van der Waals surface area contributed by atoms with E-state index in [-0.39, 0.29) is 17.2 Å². The maximum absolute atomic E-state index is 12.6. The Bertz CT molecular complexity index is 1010. The first-order valence-electron chi connectivity index (χ1n) is 8.01. The van der Waals surface area contributed by atoms with E-state index < -0.39 is 15.9 Å². The van der Waals surface area contributed by atoms with Crippen LogP contribution in [-0.4, -0.2) is 45.1 Å². The first-order valence-corrected chi connectivity index (χ1v) is 9.45. The van der Waals surface area contributed by atoms with Gasteiger partial charge in [0.1, 0.15) is 0 Å². The van der Waals surface area contributed by atoms with Crippen molar-refractivity contribution in [3.05, 3.63) is 59.7 Å². The smallest absolute Gasteiger partial charge is 0.243 e. The molecule has 0 saturated heterocycles. The average molecular weight is 385 g/mol. The van der Waals surface area contributed by atoms with Crippen molar-refractivity contribution in [3.63, 3.8) is 0 Å². The number of nitriles is 1. The Balaban J connectivity index is 2.16. The second-order valence-electron chi connectivity index (χ2n) is 5.96. The fraction of sp³-hybridized carbons (Fsp3) is 0.211. The molecule has 0 unspecified atom stereocenters. The molecule has 7 nitrogen and oxygen atoms in total. The molecule has 0 spiro atoms. The third-order valence-electron chi connectivity index (χ3n) is 4.06. The summed E-state index contributed by atoms with van der Waals surface area (Å²) in [7, 11) is -1.06. The minimum absolute atomic E-state index is 0.00284. The van der Waals surface area contributed by atoms with Crippen molar-refractivity contribution < 1.29 is 18.0 Å². The van der Waals surface area contributed by atoms with Gasteiger partial charge in [-0.05, 0) is 37.3 Å². The molecule has 0 atom stereocenters. The predicted molar refractivity (Wildman–Crippen MR) is 101 cm³/mol. The molecule has 0 aromatic heterocycles. The second kappa shape index (κ2) is 8.12. The number of hydrogen-bond donors (Lipinski definition) is 0. The summed E-state index contributed by atoms with van der Waals surface area (Å²) in [4.78, 5) is 25.1. The van der Waals surface area contributed by atoms with Crippen molar-refractivity contribution >= 4 is 27.4 Å². The Morgan fingerprint density at radius 2 is 1.70 bits per heavy atom. The minimum Gasteiger partial charge on any atom is -0.314 e. The highest BCUT2D eigenvalue weighted by Crippen LogP contribution is 2.18. The first-order chi connectivity index (χ1) is 12.7. The number of ketones is 1. The summed E-state index contributed by atoms with van der Waals surface area (Å²) >= 11 is 0. The molecule has 2 aromatic rings. The minimum atomic E-state index is -3.88. The Labute approximate surface area is 158 Å². The highest BCUT2D eigenvalue weighted by molar-refractivity contribution is 7.89. The zero-order valence-electron chi connectivity index (χ0n) is 15.2. The summed E-state index contributed by atoms with van der Waals surface area (Å²) < 4.78 is 26.2. The number of amides is 1. The molecule has 8 heteroatoms. The van der Waals surface area contributed by atoms with E-state index in [1.54, 1.807) is 24.3 Å². The molecular formula is C19H19N3O4S. The van der Waals surface area contributed by atoms with E-state index in [0.717, 1.165) is 4.31 Å². The van der Waals surface area contributed by atoms with Crippen LogP contribution in [-0.2, 0) is 14.8 Å². The highest BCUT2D eigenvalue weighted by atomic mass is 32.2. The number of anilines is 1. The SMILES string of the molecule is CC(=O)c1ccc(S(=O)(=O)N(C)CC(=O)N(C)c2cccc(C#N)c2)cc1. The molecule has 27 heavy (non-hydrogen) atoms. The summed E-state index contributed by atoms with van der Waals surface area (Å²) in [6.45, 7) is 1.02. The Kier molecular flexibility index (Phi) is 6.10. The molecule has 0 radical (unpaired) electrons. The number of hydrogen-bond acceptors (Lipinski definition) is 5. The molecule has 0 saturated carbocycles. The van der Waals surface area contributed by atoms with Gasteiger partial charge in [-0.1, -0.05) is 18.2 Å². The quantitative estimate of drug-likeness (QED) is 0.709. The molecule has 0 N–H and O–H groups in total. The number of nitrogens with zero attached hydrogens (tertiary/aromatic N) is 3. The van der Waals surface area contributed by atoms with E-state index in [0.29, 0.717) is 16.8 Å². The maximum Gasteiger partial charge on any atom is 0.243 e. The van der Waals surface area contributed by atoms with Gasteiger partial charge in [0.25, 0.3) is 0 Å². The third kappa shape index (κ3) is 4.58. The monoisotopic (exact) mass is 385 g/mol. The van der Waals surface area contributed by atoms with Crippen LogP contribution in [0.1, 0.15) is 22.8 Å². The molecule has 1 amide bonds. The van der Waals surface area contributed by atoms with Crippen LogP contribution < -0.4 is 4.90 Å². The van der Waals surface area contributed by atoms with E-state index in [9.17, 15) is 18.0 Å². The molecule has 0 fully saturated rings. The number of sulfonamides is 1. The number of benzene rings is 2. The average Bonchev–Trinajstić information content (AvgIpc) is 2.67. The van der Waals surface area contributed by atoms with Crippen molar-refractivity contribution in [2.45, 2.75) is 11.8 Å². The normalized spacial score (nSPS) is 11.1. The van der Waals surface area contributed by atoms with Crippen molar-refractivity contribution in [3.8, 4) is 6.07 Å². The van der Waals surface area contributed by atoms with Gasteiger partial charge in [0.2, 0.25) is 15.9 Å². The number of carbonyl (C=O) groups is 2. The summed E-state index contributed by atoms with van der Waals surface area (Å²) in [5, 5.41) is 8.95. The van der Waals surface area contributed by atoms with Crippen LogP contribution in [0.15, 0.2) is 53.4 Å². The first kappa shape index (κ1) is 20.3. The van der Waals surface area contributed by atoms with Gasteiger partial charge in [0.15, 0.2) is 5.78 Å². The van der Waals surface area contributed by atoms with E-state index in [2.05, 4.69) is 0 Å². The van der Waals surface area contributed by atoms with Crippen LogP contribution in [0.3, 0.4) is 0 Å². The van der Waals surface area contributed by atoms with E-state index in [1.807, 2.05) is 6.07 Å². The van der Waals surface area contributed by atoms with Gasteiger partial charge in [-0.2, -0.15) is 9.57 Å². The molecule has 0 heterocycles. The number of likely N-dealkylation sites (N-methyl/N-ethyl adjacent to an activating group) is 2. The number of Topliss-reactive ketones (excluding diaryl/α,β-unsaturated/α-hetero) is 1. The molecule has 0 aliphatic heterocycles. The van der Waals surface area contributed by atoms with Crippen molar-refractivity contribution in [2.24, 2.45) is 0 Å². The fourth-order valence-corrected chi connectivity index (χ4v) is 3.47. The molecule has 140 valence electrons. The van der Waals surface area contributed by atoms with Crippen LogP contribution in [0.25, 0.3) is 0 Å². The van der Waals surface area contributed by atoms with Crippen LogP contribution in [0.2, 0.25) is 0 Å². The highest BCUT2D eigenvalue weighted by Gasteiger charge is 2.25. The second-order valence-corrected chi connectivity index (χ2v) is 8.00. The Morgan fingerprint density at radius 3 is 2.26 bits per heavy atom. The number of carbonyl (C=O) groups excluding carboxylic acids is 2. The lowest BCUT2D eigenvalue weighted by Gasteiger charge is -2.22. The van der Waals surface area contributed by atoms with E-state index in [4.69, 9.17) is 5.26 Å². The Hall–Kier alpha value is -3.02. The van der Waals surface area contributed by atoms with Crippen molar-refractivity contribution in [1.29, 1.82) is 5.26 Å². The van der Waals surface area contributed by atoms with E-state index >= 15 is 0 Å². The van der Waals surface area contributed by atoms with Crippen molar-refractivity contribution in [2.75, 3.05) is 25.5 Å². The molecule has 0 bridgehead atoms. The summed E-state index contributed by atoms with van der Waals surface area (Å²) in [6, 6.07) is 14.0. The molecule has 2 rings (SSSR count). The van der Waals surface area contributed by atoms with Gasteiger partial charge in [-0.3, -0.25) is 9.59 Å². The molecule has 2 aromatic carbocycles. The largest absolute Gasteiger partial charge is 0.314 e. The zero-order valence-corrected chi connectivity index (χ0v) is 16.0. The summed E-state index contributed by atoms with van der Waals surface area (Å²) in [6.07, 6.45) is 0. The topological polar surface area (TPSA) is 98.6 Å². The summed E-state index contributed by atoms with van der Waals surface area (Å²) in [5.74, 6) is -0.611. The maximum atomic E-state index is 12.6. The lowest BCUT2D eigenvalue weighted by molar-refractivity contribution is -0.118. The molecule has 0 aliphatic carbocycles. The third-order valence-corrected chi connectivity index (χ3v) is 5.88. The standard InChI is InChI=1S/C19H19N3O4S/c1-14(23)16-7-9-18(10-8-16)27(25,26)21(2)13-19(24)22(3)17-6-4-5-15(11-17)12-20/h4-11H,13H2,1-3H3. The summed E-state index contributed by atoms with van der Waals surface area (Å²) in [5.41, 5.74) is 1.30. The van der Waals surface area contributed by atoms with Gasteiger partial charge < -0.3 is 4.90 Å². The van der Waals surface area contributed by atoms with Crippen LogP contribution in [0.4, 0.5) is 5.69 Å². The van der Waals surface area contributed by atoms with E-state index in [1.165, 1.54) is 50.2 Å². The zero-order chi connectivity index (χ0) is 20.2. The number of rotatable bonds is 6. The van der Waals surface area contributed by atoms with Crippen LogP contribution in [0.5, 0.6) is 0 Å². The van der Waals surface area contributed by atoms with Gasteiger partial charge in [-0.25, -0.2) is 8.42 Å². The fourth-order valence-electron chi connectivity index (χ4n) is 2.35. The van der Waals surface area contributed by atoms with Crippen molar-refractivity contribution in [1.82, 2.24) is 4.31 Å². The lowest BCUT2D eigenvalue weighted by atomic mass is 10.2.